The number of rotatable bonds is 5. The van der Waals surface area contributed by atoms with Crippen molar-refractivity contribution in [2.75, 3.05) is 0 Å². The van der Waals surface area contributed by atoms with Gasteiger partial charge in [0.05, 0.1) is 18.2 Å². The molecule has 6 heteroatoms. The summed E-state index contributed by atoms with van der Waals surface area (Å²) in [7, 11) is 0. The lowest BCUT2D eigenvalue weighted by atomic mass is 10.1. The van der Waals surface area contributed by atoms with Crippen LogP contribution in [-0.2, 0) is 17.9 Å². The second kappa shape index (κ2) is 5.27. The smallest absolute Gasteiger partial charge is 0.222 e. The first-order chi connectivity index (χ1) is 7.78. The molecule has 0 bridgehead atoms. The molecule has 0 spiro atoms. The van der Waals surface area contributed by atoms with Crippen molar-refractivity contribution in [1.82, 2.24) is 20.3 Å². The fraction of sp³-hybridized carbons (Fsp3) is 0.727. The zero-order valence-corrected chi connectivity index (χ0v) is 10.9. The minimum atomic E-state index is -0.324. The van der Waals surface area contributed by atoms with E-state index in [0.717, 1.165) is 5.69 Å². The summed E-state index contributed by atoms with van der Waals surface area (Å²) in [6, 6.07) is 0. The monoisotopic (exact) mass is 239 g/mol. The number of hydrogen-bond donors (Lipinski definition) is 2. The van der Waals surface area contributed by atoms with Crippen LogP contribution < -0.4 is 11.1 Å². The Kier molecular flexibility index (Phi) is 4.22. The molecule has 0 aliphatic rings. The summed E-state index contributed by atoms with van der Waals surface area (Å²) in [4.78, 5) is 10.9. The molecular formula is C11H21N5O. The average molecular weight is 239 g/mol. The molecule has 3 N–H and O–H groups in total. The summed E-state index contributed by atoms with van der Waals surface area (Å²) < 4.78 is 1.65. The molecule has 1 rings (SSSR count). The van der Waals surface area contributed by atoms with E-state index >= 15 is 0 Å². The zero-order valence-electron chi connectivity index (χ0n) is 10.9. The van der Waals surface area contributed by atoms with Gasteiger partial charge in [0.1, 0.15) is 0 Å². The number of aromatic nitrogens is 3. The van der Waals surface area contributed by atoms with Gasteiger partial charge in [-0.15, -0.1) is 5.10 Å². The maximum Gasteiger partial charge on any atom is 0.222 e. The molecule has 6 nitrogen and oxygen atoms in total. The first-order valence-corrected chi connectivity index (χ1v) is 5.71. The van der Waals surface area contributed by atoms with Gasteiger partial charge in [-0.05, 0) is 20.8 Å². The van der Waals surface area contributed by atoms with Crippen molar-refractivity contribution < 1.29 is 4.79 Å². The number of carbonyl (C=O) groups excluding carboxylic acids is 1. The van der Waals surface area contributed by atoms with E-state index in [0.29, 0.717) is 13.1 Å². The van der Waals surface area contributed by atoms with Crippen LogP contribution in [0.5, 0.6) is 0 Å². The van der Waals surface area contributed by atoms with Crippen molar-refractivity contribution in [2.45, 2.75) is 46.3 Å². The highest BCUT2D eigenvalue weighted by Crippen LogP contribution is 2.03. The summed E-state index contributed by atoms with van der Waals surface area (Å²) in [5.41, 5.74) is 6.10. The van der Waals surface area contributed by atoms with E-state index < -0.39 is 0 Å². The van der Waals surface area contributed by atoms with Gasteiger partial charge in [-0.2, -0.15) is 0 Å². The molecule has 0 saturated heterocycles. The van der Waals surface area contributed by atoms with Crippen molar-refractivity contribution in [3.8, 4) is 0 Å². The lowest BCUT2D eigenvalue weighted by Crippen LogP contribution is -2.35. The summed E-state index contributed by atoms with van der Waals surface area (Å²) in [6.07, 6.45) is 1.83. The van der Waals surface area contributed by atoms with Crippen molar-refractivity contribution in [3.63, 3.8) is 0 Å². The van der Waals surface area contributed by atoms with Gasteiger partial charge in [-0.25, -0.2) is 0 Å². The van der Waals surface area contributed by atoms with Crippen molar-refractivity contribution >= 4 is 5.91 Å². The number of nitrogens with two attached hydrogens (primary N) is 1. The highest BCUT2D eigenvalue weighted by Gasteiger charge is 2.12. The molecule has 0 aliphatic heterocycles. The van der Waals surface area contributed by atoms with E-state index in [9.17, 15) is 4.79 Å². The largest absolute Gasteiger partial charge is 0.369 e. The molecule has 1 unspecified atom stereocenters. The van der Waals surface area contributed by atoms with E-state index in [2.05, 4.69) is 36.4 Å². The van der Waals surface area contributed by atoms with E-state index in [-0.39, 0.29) is 17.4 Å². The number of carbonyl (C=O) groups is 1. The molecule has 96 valence electrons. The Morgan fingerprint density at radius 1 is 1.59 bits per heavy atom. The van der Waals surface area contributed by atoms with Crippen molar-refractivity contribution in [3.05, 3.63) is 11.9 Å². The maximum atomic E-state index is 10.9. The zero-order chi connectivity index (χ0) is 13.1. The van der Waals surface area contributed by atoms with Gasteiger partial charge in [0, 0.05) is 18.3 Å². The predicted molar refractivity (Wildman–Crippen MR) is 65.0 cm³/mol. The SMILES string of the molecule is CC(Cn1cc(CNC(C)(C)C)nn1)C(N)=O. The van der Waals surface area contributed by atoms with Crippen LogP contribution in [0.4, 0.5) is 0 Å². The minimum Gasteiger partial charge on any atom is -0.369 e. The molecule has 1 atom stereocenters. The topological polar surface area (TPSA) is 85.8 Å². The van der Waals surface area contributed by atoms with E-state index in [1.165, 1.54) is 0 Å². The summed E-state index contributed by atoms with van der Waals surface area (Å²) in [5.74, 6) is -0.560. The third kappa shape index (κ3) is 4.95. The van der Waals surface area contributed by atoms with Gasteiger partial charge in [0.2, 0.25) is 5.91 Å². The fourth-order valence-corrected chi connectivity index (χ4v) is 1.24. The quantitative estimate of drug-likeness (QED) is 0.773. The van der Waals surface area contributed by atoms with Gasteiger partial charge in [-0.1, -0.05) is 12.1 Å². The fourth-order valence-electron chi connectivity index (χ4n) is 1.24. The molecule has 1 aromatic rings. The summed E-state index contributed by atoms with van der Waals surface area (Å²) >= 11 is 0. The van der Waals surface area contributed by atoms with Crippen LogP contribution >= 0.6 is 0 Å². The molecule has 1 heterocycles. The lowest BCUT2D eigenvalue weighted by Gasteiger charge is -2.19. The lowest BCUT2D eigenvalue weighted by molar-refractivity contribution is -0.121. The third-order valence-electron chi connectivity index (χ3n) is 2.33. The molecule has 0 aliphatic carbocycles. The van der Waals surface area contributed by atoms with Gasteiger partial charge in [0.15, 0.2) is 0 Å². The van der Waals surface area contributed by atoms with Crippen LogP contribution in [0, 0.1) is 5.92 Å². The van der Waals surface area contributed by atoms with Gasteiger partial charge < -0.3 is 11.1 Å². The van der Waals surface area contributed by atoms with Gasteiger partial charge >= 0.3 is 0 Å². The molecule has 0 saturated carbocycles. The van der Waals surface area contributed by atoms with Crippen LogP contribution in [-0.4, -0.2) is 26.4 Å². The standard InChI is InChI=1S/C11H21N5O/c1-8(10(12)17)6-16-7-9(14-15-16)5-13-11(2,3)4/h7-8,13H,5-6H2,1-4H3,(H2,12,17). The first-order valence-electron chi connectivity index (χ1n) is 5.71. The number of amides is 1. The van der Waals surface area contributed by atoms with E-state index in [1.54, 1.807) is 11.6 Å². The molecule has 1 amide bonds. The van der Waals surface area contributed by atoms with Crippen LogP contribution in [0.2, 0.25) is 0 Å². The van der Waals surface area contributed by atoms with Crippen molar-refractivity contribution in [2.24, 2.45) is 11.7 Å². The highest BCUT2D eigenvalue weighted by atomic mass is 16.1. The molecule has 17 heavy (non-hydrogen) atoms. The summed E-state index contributed by atoms with van der Waals surface area (Å²) in [5, 5.41) is 11.3. The molecule has 0 radical (unpaired) electrons. The predicted octanol–water partition coefficient (Wildman–Crippen LogP) is 0.288. The molecule has 0 fully saturated rings. The Morgan fingerprint density at radius 2 is 2.24 bits per heavy atom. The van der Waals surface area contributed by atoms with E-state index in [1.807, 2.05) is 6.20 Å². The minimum absolute atomic E-state index is 0.0459. The van der Waals surface area contributed by atoms with E-state index in [4.69, 9.17) is 5.73 Å². The third-order valence-corrected chi connectivity index (χ3v) is 2.33. The Bertz CT molecular complexity index is 379. The Labute approximate surface area is 102 Å². The van der Waals surface area contributed by atoms with Crippen LogP contribution in [0.15, 0.2) is 6.20 Å². The van der Waals surface area contributed by atoms with Gasteiger partial charge in [-0.3, -0.25) is 9.48 Å². The second-order valence-electron chi connectivity index (χ2n) is 5.34. The van der Waals surface area contributed by atoms with Crippen LogP contribution in [0.1, 0.15) is 33.4 Å². The Balaban J connectivity index is 2.51. The second-order valence-corrected chi connectivity index (χ2v) is 5.34. The molecule has 0 aromatic carbocycles. The molecular weight excluding hydrogens is 218 g/mol. The highest BCUT2D eigenvalue weighted by molar-refractivity contribution is 5.76. The van der Waals surface area contributed by atoms with Crippen molar-refractivity contribution in [1.29, 1.82) is 0 Å². The first kappa shape index (κ1) is 13.6. The number of nitrogens with zero attached hydrogens (tertiary/aromatic N) is 3. The number of primary amides is 1. The van der Waals surface area contributed by atoms with Crippen LogP contribution in [0.25, 0.3) is 0 Å². The number of hydrogen-bond acceptors (Lipinski definition) is 4. The average Bonchev–Trinajstić information content (AvgIpc) is 2.61. The normalized spacial score (nSPS) is 13.6. The maximum absolute atomic E-state index is 10.9. The Morgan fingerprint density at radius 3 is 2.76 bits per heavy atom. The Hall–Kier alpha value is -1.43. The summed E-state index contributed by atoms with van der Waals surface area (Å²) in [6.45, 7) is 9.18. The van der Waals surface area contributed by atoms with Gasteiger partial charge in [0.25, 0.3) is 0 Å². The van der Waals surface area contributed by atoms with Crippen LogP contribution in [0.3, 0.4) is 0 Å². The molecule has 1 aromatic heterocycles. The number of nitrogens with one attached hydrogen (secondary N) is 1.